The normalized spacial score (nSPS) is 27.8. The molecule has 2 saturated carbocycles. The second kappa shape index (κ2) is 13.1. The number of nitrogens with zero attached hydrogens (tertiary/aromatic N) is 7. The third-order valence-electron chi connectivity index (χ3n) is 13.1. The van der Waals surface area contributed by atoms with E-state index < -0.39 is 42.2 Å². The van der Waals surface area contributed by atoms with Crippen LogP contribution in [0.15, 0.2) is 30.5 Å². The predicted octanol–water partition coefficient (Wildman–Crippen LogP) is 6.30. The van der Waals surface area contributed by atoms with Gasteiger partial charge >= 0.3 is 6.01 Å². The van der Waals surface area contributed by atoms with Gasteiger partial charge in [-0.15, -0.1) is 6.42 Å². The zero-order valence-electron chi connectivity index (χ0n) is 31.6. The molecule has 15 heteroatoms. The molecule has 3 saturated heterocycles. The molecule has 5 heterocycles. The van der Waals surface area contributed by atoms with Gasteiger partial charge < -0.3 is 24.4 Å². The minimum absolute atomic E-state index is 0.0166. The van der Waals surface area contributed by atoms with Gasteiger partial charge in [-0.3, -0.25) is 9.58 Å². The first kappa shape index (κ1) is 36.6. The number of phenols is 1. The van der Waals surface area contributed by atoms with E-state index >= 15 is 17.6 Å². The van der Waals surface area contributed by atoms with Gasteiger partial charge in [0.15, 0.2) is 5.82 Å². The zero-order valence-corrected chi connectivity index (χ0v) is 31.6. The Kier molecular flexibility index (Phi) is 8.41. The standard InChI is InChI=1S/C42H42F5N7O3/c1-4-26-31(43)9-6-22-12-25(55)13-27(32(22)26)33-36(45)38-34(30-16-51(2)50-37(30)33)39(54-23-7-8-24(54)15-52(14-23)10-5-11-56-3)49-40(48-38)57-21-41(19-42(41,46)47)20-53-17-28-29(18-53)35(28)44/h1,6,9,12-13,16,23-24,28-29,35,55H,5,7-8,10-11,14-15,17-21H2,2-3H3/t23?,24?,28?,29?,35?,41-/m1/s1. The van der Waals surface area contributed by atoms with E-state index in [0.29, 0.717) is 41.7 Å². The van der Waals surface area contributed by atoms with Crippen molar-refractivity contribution in [1.29, 1.82) is 0 Å². The molecule has 5 aliphatic rings. The van der Waals surface area contributed by atoms with Crippen LogP contribution >= 0.6 is 0 Å². The number of aryl methyl sites for hydroxylation is 1. The second-order valence-corrected chi connectivity index (χ2v) is 16.8. The quantitative estimate of drug-likeness (QED) is 0.0943. The number of methoxy groups -OCH3 is 1. The van der Waals surface area contributed by atoms with Crippen molar-refractivity contribution in [1.82, 2.24) is 29.5 Å². The molecule has 5 atom stereocenters. The Morgan fingerprint density at radius 2 is 1.74 bits per heavy atom. The lowest BCUT2D eigenvalue weighted by Gasteiger charge is -2.42. The largest absolute Gasteiger partial charge is 0.508 e. The maximum atomic E-state index is 17.8. The molecule has 2 aliphatic carbocycles. The van der Waals surface area contributed by atoms with Crippen LogP contribution in [0.1, 0.15) is 31.2 Å². The number of rotatable bonds is 11. The SMILES string of the molecule is C#Cc1c(F)ccc2cc(O)cc(-c3c(F)c4nc(OC[C@]5(CN6CC7C(F)C7C6)CC5(F)F)nc(N5C6CCC5CN(CCCOC)C6)c4c4cn(C)nc34)c12. The van der Waals surface area contributed by atoms with Crippen molar-refractivity contribution in [3.8, 4) is 35.2 Å². The van der Waals surface area contributed by atoms with Gasteiger partial charge in [0.1, 0.15) is 41.2 Å². The Balaban J connectivity index is 1.13. The molecule has 4 unspecified atom stereocenters. The zero-order chi connectivity index (χ0) is 39.5. The maximum absolute atomic E-state index is 17.8. The van der Waals surface area contributed by atoms with Gasteiger partial charge in [-0.25, -0.2) is 22.0 Å². The highest BCUT2D eigenvalue weighted by Gasteiger charge is 2.73. The summed E-state index contributed by atoms with van der Waals surface area (Å²) in [7, 11) is 3.38. The van der Waals surface area contributed by atoms with Crippen molar-refractivity contribution >= 4 is 38.4 Å². The summed E-state index contributed by atoms with van der Waals surface area (Å²) in [5.41, 5.74) is -1.48. The van der Waals surface area contributed by atoms with E-state index in [1.807, 2.05) is 4.90 Å². The van der Waals surface area contributed by atoms with Crippen LogP contribution in [0, 0.1) is 41.2 Å². The Morgan fingerprint density at radius 1 is 1.00 bits per heavy atom. The molecule has 3 aliphatic heterocycles. The smallest absolute Gasteiger partial charge is 0.319 e. The molecule has 2 aromatic heterocycles. The summed E-state index contributed by atoms with van der Waals surface area (Å²) < 4.78 is 90.5. The van der Waals surface area contributed by atoms with Crippen molar-refractivity contribution in [3.63, 3.8) is 0 Å². The van der Waals surface area contributed by atoms with Gasteiger partial charge in [0.25, 0.3) is 5.92 Å². The van der Waals surface area contributed by atoms with Gasteiger partial charge in [-0.05, 0) is 48.4 Å². The van der Waals surface area contributed by atoms with Crippen LogP contribution in [-0.2, 0) is 11.8 Å². The molecule has 5 fully saturated rings. The van der Waals surface area contributed by atoms with Crippen molar-refractivity contribution in [3.05, 3.63) is 47.7 Å². The molecule has 0 spiro atoms. The summed E-state index contributed by atoms with van der Waals surface area (Å²) in [5, 5.41) is 17.1. The molecule has 10 nitrogen and oxygen atoms in total. The predicted molar refractivity (Wildman–Crippen MR) is 204 cm³/mol. The summed E-state index contributed by atoms with van der Waals surface area (Å²) in [6, 6.07) is 5.20. The number of likely N-dealkylation sites (tertiary alicyclic amines) is 2. The number of benzene rings is 3. The average molecular weight is 788 g/mol. The molecule has 0 amide bonds. The third-order valence-corrected chi connectivity index (χ3v) is 13.1. The van der Waals surface area contributed by atoms with Crippen LogP contribution in [0.5, 0.6) is 11.8 Å². The van der Waals surface area contributed by atoms with E-state index in [2.05, 4.69) is 20.7 Å². The number of terminal acetylenes is 1. The van der Waals surface area contributed by atoms with Gasteiger partial charge in [0.05, 0.1) is 16.4 Å². The number of alkyl halides is 3. The molecule has 5 aromatic rings. The summed E-state index contributed by atoms with van der Waals surface area (Å²) in [5.74, 6) is -2.11. The Labute approximate surface area is 325 Å². The van der Waals surface area contributed by atoms with Crippen LogP contribution in [0.4, 0.5) is 27.8 Å². The van der Waals surface area contributed by atoms with E-state index in [0.717, 1.165) is 38.9 Å². The minimum Gasteiger partial charge on any atom is -0.508 e. The topological polar surface area (TPSA) is 92.0 Å². The van der Waals surface area contributed by atoms with E-state index in [9.17, 15) is 9.50 Å². The number of phenolic OH excluding ortho intramolecular Hbond substituents is 1. The van der Waals surface area contributed by atoms with E-state index in [4.69, 9.17) is 26.0 Å². The Morgan fingerprint density at radius 3 is 2.42 bits per heavy atom. The molecular weight excluding hydrogens is 745 g/mol. The summed E-state index contributed by atoms with van der Waals surface area (Å²) in [4.78, 5) is 16.1. The number of hydrogen-bond acceptors (Lipinski definition) is 9. The number of ether oxygens (including phenoxy) is 2. The van der Waals surface area contributed by atoms with Crippen molar-refractivity contribution < 1.29 is 36.5 Å². The highest BCUT2D eigenvalue weighted by Crippen LogP contribution is 2.62. The minimum atomic E-state index is -3.01. The number of anilines is 1. The maximum Gasteiger partial charge on any atom is 0.319 e. The van der Waals surface area contributed by atoms with Crippen molar-refractivity contribution in [2.75, 3.05) is 64.5 Å². The van der Waals surface area contributed by atoms with E-state index in [1.54, 1.807) is 25.0 Å². The number of fused-ring (bicyclic) bond motifs is 7. The number of piperidine rings is 1. The van der Waals surface area contributed by atoms with Crippen LogP contribution in [-0.4, -0.2) is 118 Å². The number of aromatic nitrogens is 4. The first-order valence-corrected chi connectivity index (χ1v) is 19.6. The first-order chi connectivity index (χ1) is 27.4. The summed E-state index contributed by atoms with van der Waals surface area (Å²) in [6.07, 6.45) is 8.91. The number of piperazine rings is 1. The fourth-order valence-corrected chi connectivity index (χ4v) is 10.2. The molecular formula is C42H42F5N7O3. The fraction of sp³-hybridized carbons (Fsp3) is 0.500. The number of halogens is 5. The van der Waals surface area contributed by atoms with Gasteiger partial charge in [-0.2, -0.15) is 15.1 Å². The first-order valence-electron chi connectivity index (χ1n) is 19.6. The average Bonchev–Trinajstić information content (AvgIpc) is 3.60. The fourth-order valence-electron chi connectivity index (χ4n) is 10.2. The molecule has 0 radical (unpaired) electrons. The summed E-state index contributed by atoms with van der Waals surface area (Å²) in [6.45, 7) is 3.48. The highest BCUT2D eigenvalue weighted by molar-refractivity contribution is 6.18. The van der Waals surface area contributed by atoms with Gasteiger partial charge in [0, 0.05) is 113 Å². The molecule has 298 valence electrons. The number of aromatic hydroxyl groups is 1. The Hall–Kier alpha value is -4.78. The number of hydrogen-bond donors (Lipinski definition) is 1. The lowest BCUT2D eigenvalue weighted by atomic mass is 9.91. The molecule has 10 rings (SSSR count). The molecule has 1 N–H and O–H groups in total. The molecule has 3 aromatic carbocycles. The van der Waals surface area contributed by atoms with Crippen LogP contribution in [0.25, 0.3) is 43.7 Å². The molecule has 2 bridgehead atoms. The van der Waals surface area contributed by atoms with E-state index in [1.165, 1.54) is 24.3 Å². The summed E-state index contributed by atoms with van der Waals surface area (Å²) >= 11 is 0. The van der Waals surface area contributed by atoms with E-state index in [-0.39, 0.29) is 75.3 Å². The highest BCUT2D eigenvalue weighted by atomic mass is 19.3. The van der Waals surface area contributed by atoms with Crippen LogP contribution in [0.2, 0.25) is 0 Å². The monoisotopic (exact) mass is 787 g/mol. The lowest BCUT2D eigenvalue weighted by Crippen LogP contribution is -2.54. The van der Waals surface area contributed by atoms with Crippen molar-refractivity contribution in [2.45, 2.75) is 49.9 Å². The second-order valence-electron chi connectivity index (χ2n) is 16.8. The van der Waals surface area contributed by atoms with Crippen LogP contribution in [0.3, 0.4) is 0 Å². The molecule has 57 heavy (non-hydrogen) atoms. The van der Waals surface area contributed by atoms with Gasteiger partial charge in [0.2, 0.25) is 0 Å². The third kappa shape index (κ3) is 5.80. The van der Waals surface area contributed by atoms with Gasteiger partial charge in [-0.1, -0.05) is 12.0 Å². The lowest BCUT2D eigenvalue weighted by molar-refractivity contribution is 0.0228. The van der Waals surface area contributed by atoms with Crippen molar-refractivity contribution in [2.24, 2.45) is 24.3 Å². The Bertz CT molecular complexity index is 2480. The van der Waals surface area contributed by atoms with Crippen LogP contribution < -0.4 is 9.64 Å².